The molecule has 16 heteroatoms. The Hall–Kier alpha value is -5.71. The van der Waals surface area contributed by atoms with E-state index in [-0.39, 0.29) is 46.1 Å². The van der Waals surface area contributed by atoms with E-state index in [1.807, 2.05) is 18.2 Å². The van der Waals surface area contributed by atoms with Crippen molar-refractivity contribution in [1.29, 1.82) is 0 Å². The number of nitrogens with zero attached hydrogens (tertiary/aromatic N) is 5. The fraction of sp³-hybridized carbons (Fsp3) is 0.458. The Morgan fingerprint density at radius 2 is 1.81 bits per heavy atom. The van der Waals surface area contributed by atoms with Crippen molar-refractivity contribution in [2.75, 3.05) is 55.2 Å². The average molecular weight is 897 g/mol. The summed E-state index contributed by atoms with van der Waals surface area (Å²) in [6, 6.07) is 19.1. The SMILES string of the molecule is [2H]C([2H])([2H])N(c1ccccc1[C@@H]1CCCN1C1CC2(CCN(c3ccc(C(=O)NS(=O)(=O)c4ccc(NCC5CCC(C)(O)CC5)c([N+](=O)[O-])c4)c(Oc4cnc5[nH]ccc5c4)c3)CC2)C1)C([2H])([2H])[2H]. The van der Waals surface area contributed by atoms with Gasteiger partial charge in [0.05, 0.1) is 27.2 Å². The summed E-state index contributed by atoms with van der Waals surface area (Å²) in [6.45, 7) is -1.26. The van der Waals surface area contributed by atoms with E-state index in [0.29, 0.717) is 54.3 Å². The van der Waals surface area contributed by atoms with Crippen molar-refractivity contribution in [3.05, 3.63) is 106 Å². The number of nitro groups is 1. The van der Waals surface area contributed by atoms with Crippen molar-refractivity contribution in [2.45, 2.75) is 93.7 Å². The monoisotopic (exact) mass is 896 g/mol. The molecule has 4 aliphatic rings. The number of amides is 1. The van der Waals surface area contributed by atoms with Gasteiger partial charge in [0.2, 0.25) is 0 Å². The first-order valence-corrected chi connectivity index (χ1v) is 23.5. The number of hydrogen-bond donors (Lipinski definition) is 4. The molecule has 2 saturated carbocycles. The molecule has 0 radical (unpaired) electrons. The van der Waals surface area contributed by atoms with Crippen molar-refractivity contribution in [3.8, 4) is 11.5 Å². The number of fused-ring (bicyclic) bond motifs is 1. The van der Waals surface area contributed by atoms with Gasteiger partial charge in [-0.3, -0.25) is 19.8 Å². The smallest absolute Gasteiger partial charge is 0.293 e. The van der Waals surface area contributed by atoms with Gasteiger partial charge in [-0.25, -0.2) is 18.1 Å². The zero-order valence-electron chi connectivity index (χ0n) is 41.8. The summed E-state index contributed by atoms with van der Waals surface area (Å²) in [4.78, 5) is 37.7. The van der Waals surface area contributed by atoms with Crippen LogP contribution in [0.5, 0.6) is 11.5 Å². The van der Waals surface area contributed by atoms with Crippen molar-refractivity contribution < 1.29 is 36.2 Å². The Bertz CT molecular complexity index is 2860. The molecule has 1 amide bonds. The molecule has 1 spiro atoms. The number of nitrogens with one attached hydrogen (secondary N) is 3. The van der Waals surface area contributed by atoms with Gasteiger partial charge in [0.25, 0.3) is 21.6 Å². The molecule has 4 N–H and O–H groups in total. The molecular weight excluding hydrogens is 833 g/mol. The summed E-state index contributed by atoms with van der Waals surface area (Å²) in [5.74, 6) is -0.431. The van der Waals surface area contributed by atoms with Crippen LogP contribution in [0.4, 0.5) is 22.7 Å². The van der Waals surface area contributed by atoms with Crippen LogP contribution in [-0.4, -0.2) is 91.0 Å². The van der Waals surface area contributed by atoms with Crippen molar-refractivity contribution >= 4 is 49.7 Å². The third-order valence-corrected chi connectivity index (χ3v) is 15.4. The van der Waals surface area contributed by atoms with Crippen LogP contribution in [-0.2, 0) is 10.0 Å². The molecule has 4 fully saturated rings. The fourth-order valence-corrected chi connectivity index (χ4v) is 11.4. The number of carbonyl (C=O) groups is 1. The third-order valence-electron chi connectivity index (χ3n) is 14.1. The topological polar surface area (TPSA) is 186 Å². The highest BCUT2D eigenvalue weighted by molar-refractivity contribution is 7.90. The molecule has 338 valence electrons. The highest BCUT2D eigenvalue weighted by Crippen LogP contribution is 2.54. The first-order chi connectivity index (χ1) is 33.1. The highest BCUT2D eigenvalue weighted by Gasteiger charge is 2.50. The minimum atomic E-state index is -4.62. The predicted molar refractivity (Wildman–Crippen MR) is 248 cm³/mol. The molecule has 2 aliphatic heterocycles. The Balaban J connectivity index is 0.893. The number of rotatable bonds is 13. The van der Waals surface area contributed by atoms with Crippen LogP contribution < -0.4 is 24.6 Å². The van der Waals surface area contributed by atoms with E-state index >= 15 is 0 Å². The lowest BCUT2D eigenvalue weighted by Gasteiger charge is -2.56. The molecule has 0 bridgehead atoms. The molecule has 1 atom stereocenters. The van der Waals surface area contributed by atoms with Crippen LogP contribution in [0.25, 0.3) is 11.0 Å². The van der Waals surface area contributed by atoms with Gasteiger partial charge in [0.1, 0.15) is 22.8 Å². The lowest BCUT2D eigenvalue weighted by molar-refractivity contribution is -0.384. The number of aromatic amines is 1. The summed E-state index contributed by atoms with van der Waals surface area (Å²) in [5.41, 5.74) is 1.28. The third kappa shape index (κ3) is 9.00. The van der Waals surface area contributed by atoms with Gasteiger partial charge in [-0.2, -0.15) is 0 Å². The molecule has 4 heterocycles. The molecule has 0 unspecified atom stereocenters. The second-order valence-electron chi connectivity index (χ2n) is 18.4. The van der Waals surface area contributed by atoms with E-state index in [0.717, 1.165) is 75.1 Å². The average Bonchev–Trinajstić information content (AvgIpc) is 3.97. The standard InChI is InChI=1S/C48H58N8O7S/c1-47(58)17-14-32(15-18-47)30-50-40-13-11-37(27-43(40)56(59)60)64(61,62)52-46(57)39-12-10-34(26-44(39)63-36-25-33-16-21-49-45(33)51-31-36)54-23-19-48(20-24-54)28-35(29-48)55-22-6-9-42(55)38-7-4-5-8-41(38)53(2)3/h4-5,7-8,10-13,16,21,25-27,31-32,35,42,50,58H,6,9,14-15,17-20,22-24,28-30H2,1-3H3,(H,49,51)(H,52,57)/t32?,42-,47?/m0/s1/i2D3,3D3. The van der Waals surface area contributed by atoms with E-state index in [2.05, 4.69) is 29.8 Å². The number of likely N-dealkylation sites (tertiary alicyclic amines) is 1. The zero-order valence-corrected chi connectivity index (χ0v) is 36.6. The maximum atomic E-state index is 14.0. The van der Waals surface area contributed by atoms with Crippen LogP contribution in [0.1, 0.15) is 101 Å². The van der Waals surface area contributed by atoms with Gasteiger partial charge >= 0.3 is 0 Å². The number of pyridine rings is 1. The van der Waals surface area contributed by atoms with Gasteiger partial charge in [0, 0.05) is 89.0 Å². The summed E-state index contributed by atoms with van der Waals surface area (Å²) in [5, 5.41) is 26.3. The quantitative estimate of drug-likeness (QED) is 0.0655. The molecule has 2 aliphatic carbocycles. The van der Waals surface area contributed by atoms with E-state index in [9.17, 15) is 28.4 Å². The van der Waals surface area contributed by atoms with Crippen LogP contribution in [0, 0.1) is 21.4 Å². The summed E-state index contributed by atoms with van der Waals surface area (Å²) in [6.07, 6.45) is 11.3. The minimum absolute atomic E-state index is 0.0801. The number of benzene rings is 3. The first kappa shape index (κ1) is 36.6. The number of para-hydroxylation sites is 1. The lowest BCUT2D eigenvalue weighted by atomic mass is 9.59. The molecule has 3 aromatic carbocycles. The molecular formula is C48H58N8O7S. The van der Waals surface area contributed by atoms with E-state index < -0.39 is 51.0 Å². The summed E-state index contributed by atoms with van der Waals surface area (Å²) in [7, 11) is -4.62. The normalized spacial score (nSPS) is 24.4. The maximum Gasteiger partial charge on any atom is 0.293 e. The van der Waals surface area contributed by atoms with Crippen LogP contribution in [0.2, 0.25) is 0 Å². The van der Waals surface area contributed by atoms with E-state index in [1.165, 1.54) is 24.4 Å². The largest absolute Gasteiger partial charge is 0.455 e. The van der Waals surface area contributed by atoms with Gasteiger partial charge in [-0.05, 0) is 137 Å². The van der Waals surface area contributed by atoms with Gasteiger partial charge in [-0.15, -0.1) is 0 Å². The number of hydrogen-bond acceptors (Lipinski definition) is 12. The molecule has 64 heavy (non-hydrogen) atoms. The molecule has 5 aromatic rings. The fourth-order valence-electron chi connectivity index (χ4n) is 10.4. The van der Waals surface area contributed by atoms with Crippen molar-refractivity contribution in [1.82, 2.24) is 19.6 Å². The highest BCUT2D eigenvalue weighted by atomic mass is 32.2. The molecule has 2 saturated heterocycles. The Kier molecular flexibility index (Phi) is 9.92. The minimum Gasteiger partial charge on any atom is -0.455 e. The number of aromatic nitrogens is 2. The van der Waals surface area contributed by atoms with E-state index in [4.69, 9.17) is 13.0 Å². The predicted octanol–water partition coefficient (Wildman–Crippen LogP) is 8.39. The first-order valence-electron chi connectivity index (χ1n) is 25.1. The van der Waals surface area contributed by atoms with E-state index in [1.54, 1.807) is 43.5 Å². The number of aliphatic hydroxyl groups is 1. The van der Waals surface area contributed by atoms with Crippen molar-refractivity contribution in [3.63, 3.8) is 0 Å². The zero-order chi connectivity index (χ0) is 49.8. The lowest BCUT2D eigenvalue weighted by Crippen LogP contribution is -2.54. The number of H-pyrrole nitrogens is 1. The van der Waals surface area contributed by atoms with Crippen LogP contribution in [0.3, 0.4) is 0 Å². The van der Waals surface area contributed by atoms with Gasteiger partial charge in [-0.1, -0.05) is 18.2 Å². The number of anilines is 3. The maximum absolute atomic E-state index is 14.0. The molecule has 2 aromatic heterocycles. The Labute approximate surface area is 382 Å². The summed E-state index contributed by atoms with van der Waals surface area (Å²) >= 11 is 0. The summed E-state index contributed by atoms with van der Waals surface area (Å²) < 4.78 is 84.5. The Morgan fingerprint density at radius 3 is 2.58 bits per heavy atom. The van der Waals surface area contributed by atoms with Crippen LogP contribution >= 0.6 is 0 Å². The number of piperidine rings is 1. The Morgan fingerprint density at radius 1 is 1.03 bits per heavy atom. The van der Waals surface area contributed by atoms with Crippen LogP contribution in [0.15, 0.2) is 90.1 Å². The number of carbonyl (C=O) groups excluding carboxylic acids is 1. The molecule has 15 nitrogen and oxygen atoms in total. The number of ether oxygens (including phenoxy) is 1. The second kappa shape index (κ2) is 17.3. The number of nitro benzene ring substituents is 1. The number of sulfonamides is 1. The van der Waals surface area contributed by atoms with Gasteiger partial charge in [0.15, 0.2) is 0 Å². The second-order valence-corrected chi connectivity index (χ2v) is 20.1. The van der Waals surface area contributed by atoms with Crippen molar-refractivity contribution in [2.24, 2.45) is 11.3 Å². The van der Waals surface area contributed by atoms with Gasteiger partial charge < -0.3 is 29.9 Å². The molecule has 9 rings (SSSR count).